The Labute approximate surface area is 181 Å². The van der Waals surface area contributed by atoms with Crippen LogP contribution in [0.15, 0.2) is 23.2 Å². The molecule has 1 aromatic carbocycles. The van der Waals surface area contributed by atoms with Gasteiger partial charge >= 0.3 is 12.7 Å². The van der Waals surface area contributed by atoms with Crippen molar-refractivity contribution in [3.8, 4) is 11.5 Å². The summed E-state index contributed by atoms with van der Waals surface area (Å²) in [7, 11) is 1.39. The molecule has 1 heterocycles. The van der Waals surface area contributed by atoms with Gasteiger partial charge in [0.15, 0.2) is 17.5 Å². The zero-order valence-corrected chi connectivity index (χ0v) is 18.7. The van der Waals surface area contributed by atoms with Crippen molar-refractivity contribution >= 4 is 12.1 Å². The van der Waals surface area contributed by atoms with Crippen LogP contribution in [0.3, 0.4) is 0 Å². The molecule has 1 aliphatic rings. The maximum atomic E-state index is 12.6. The fraction of sp³-hybridized carbons (Fsp3) is 0.619. The lowest BCUT2D eigenvalue weighted by molar-refractivity contribution is -0.0512. The van der Waals surface area contributed by atoms with E-state index in [1.165, 1.54) is 13.2 Å². The Morgan fingerprint density at radius 1 is 1.32 bits per heavy atom. The highest BCUT2D eigenvalue weighted by atomic mass is 19.3. The van der Waals surface area contributed by atoms with Gasteiger partial charge in [-0.15, -0.1) is 0 Å². The number of alkyl halides is 2. The first-order valence-corrected chi connectivity index (χ1v) is 10.3. The number of halogens is 2. The number of methoxy groups -OCH3 is 1. The van der Waals surface area contributed by atoms with Crippen LogP contribution >= 0.6 is 0 Å². The van der Waals surface area contributed by atoms with Crippen LogP contribution in [0, 0.1) is 0 Å². The van der Waals surface area contributed by atoms with Crippen molar-refractivity contribution in [1.82, 2.24) is 15.5 Å². The third kappa shape index (κ3) is 8.10. The van der Waals surface area contributed by atoms with Crippen molar-refractivity contribution < 1.29 is 27.8 Å². The number of ether oxygens (including phenoxy) is 3. The molecule has 174 valence electrons. The standard InChI is InChI=1S/C21H32F2N4O4/c1-6-24-19(27-10-9-15(13-27)26-20(28)31-21(2,3)4)25-12-14-7-8-16(29-5)17(11-14)30-18(22)23/h7-8,11,15,18H,6,9-10,12-13H2,1-5H3,(H,24,25)(H,26,28). The van der Waals surface area contributed by atoms with Gasteiger partial charge in [0.1, 0.15) is 5.60 Å². The summed E-state index contributed by atoms with van der Waals surface area (Å²) in [6.45, 7) is 6.73. The normalized spacial score (nSPS) is 17.0. The molecule has 1 unspecified atom stereocenters. The molecule has 31 heavy (non-hydrogen) atoms. The van der Waals surface area contributed by atoms with E-state index in [0.717, 1.165) is 6.42 Å². The fourth-order valence-corrected chi connectivity index (χ4v) is 3.14. The van der Waals surface area contributed by atoms with Crippen molar-refractivity contribution in [3.63, 3.8) is 0 Å². The molecule has 1 aliphatic heterocycles. The van der Waals surface area contributed by atoms with Gasteiger partial charge in [0.2, 0.25) is 0 Å². The van der Waals surface area contributed by atoms with E-state index in [0.29, 0.717) is 31.2 Å². The molecule has 0 aromatic heterocycles. The Morgan fingerprint density at radius 3 is 2.68 bits per heavy atom. The van der Waals surface area contributed by atoms with Crippen LogP contribution in [0.5, 0.6) is 11.5 Å². The molecule has 0 radical (unpaired) electrons. The lowest BCUT2D eigenvalue weighted by Gasteiger charge is -2.23. The second-order valence-electron chi connectivity index (χ2n) is 8.11. The quantitative estimate of drug-likeness (QED) is 0.498. The maximum Gasteiger partial charge on any atom is 0.407 e. The predicted octanol–water partition coefficient (Wildman–Crippen LogP) is 3.36. The van der Waals surface area contributed by atoms with Gasteiger partial charge in [0, 0.05) is 19.6 Å². The predicted molar refractivity (Wildman–Crippen MR) is 114 cm³/mol. The lowest BCUT2D eigenvalue weighted by Crippen LogP contribution is -2.44. The molecule has 1 atom stereocenters. The van der Waals surface area contributed by atoms with Gasteiger partial charge < -0.3 is 29.7 Å². The van der Waals surface area contributed by atoms with Gasteiger partial charge in [-0.25, -0.2) is 9.79 Å². The van der Waals surface area contributed by atoms with E-state index in [1.807, 2.05) is 32.6 Å². The van der Waals surface area contributed by atoms with Crippen LogP contribution in [0.2, 0.25) is 0 Å². The molecular weight excluding hydrogens is 410 g/mol. The largest absolute Gasteiger partial charge is 0.493 e. The molecule has 8 nitrogen and oxygen atoms in total. The van der Waals surface area contributed by atoms with Gasteiger partial charge in [0.05, 0.1) is 19.7 Å². The van der Waals surface area contributed by atoms with Gasteiger partial charge in [-0.1, -0.05) is 6.07 Å². The summed E-state index contributed by atoms with van der Waals surface area (Å²) in [5.41, 5.74) is 0.152. The molecule has 1 fully saturated rings. The van der Waals surface area contributed by atoms with Crippen LogP contribution in [0.1, 0.15) is 39.7 Å². The second kappa shape index (κ2) is 11.0. The molecule has 10 heteroatoms. The molecule has 0 spiro atoms. The third-order valence-corrected chi connectivity index (χ3v) is 4.40. The van der Waals surface area contributed by atoms with E-state index >= 15 is 0 Å². The average molecular weight is 443 g/mol. The summed E-state index contributed by atoms with van der Waals surface area (Å²) in [4.78, 5) is 18.7. The first-order chi connectivity index (χ1) is 14.6. The number of alkyl carbamates (subject to hydrolysis) is 1. The van der Waals surface area contributed by atoms with Gasteiger partial charge in [0.25, 0.3) is 0 Å². The van der Waals surface area contributed by atoms with E-state index in [-0.39, 0.29) is 24.1 Å². The summed E-state index contributed by atoms with van der Waals surface area (Å²) in [5.74, 6) is 0.886. The van der Waals surface area contributed by atoms with E-state index in [1.54, 1.807) is 12.1 Å². The third-order valence-electron chi connectivity index (χ3n) is 4.40. The molecule has 0 bridgehead atoms. The van der Waals surface area contributed by atoms with Crippen LogP contribution in [-0.4, -0.2) is 62.0 Å². The first-order valence-electron chi connectivity index (χ1n) is 10.3. The number of amides is 1. The number of rotatable bonds is 7. The average Bonchev–Trinajstić information content (AvgIpc) is 3.11. The minimum atomic E-state index is -2.94. The SMILES string of the molecule is CCNC(=NCc1ccc(OC)c(OC(F)F)c1)N1CCC(NC(=O)OC(C)(C)C)C1. The summed E-state index contributed by atoms with van der Waals surface area (Å²) >= 11 is 0. The highest BCUT2D eigenvalue weighted by molar-refractivity contribution is 5.80. The summed E-state index contributed by atoms with van der Waals surface area (Å²) in [5, 5.41) is 6.12. The van der Waals surface area contributed by atoms with Crippen LogP contribution in [0.4, 0.5) is 13.6 Å². The Kier molecular flexibility index (Phi) is 8.70. The number of benzene rings is 1. The number of nitrogens with zero attached hydrogens (tertiary/aromatic N) is 2. The van der Waals surface area contributed by atoms with Crippen LogP contribution in [-0.2, 0) is 11.3 Å². The van der Waals surface area contributed by atoms with E-state index in [9.17, 15) is 13.6 Å². The smallest absolute Gasteiger partial charge is 0.407 e. The second-order valence-corrected chi connectivity index (χ2v) is 8.11. The highest BCUT2D eigenvalue weighted by Crippen LogP contribution is 2.29. The minimum absolute atomic E-state index is 0.0296. The topological polar surface area (TPSA) is 84.4 Å². The van der Waals surface area contributed by atoms with E-state index < -0.39 is 18.3 Å². The van der Waals surface area contributed by atoms with Gasteiger partial charge in [-0.05, 0) is 51.8 Å². The summed E-state index contributed by atoms with van der Waals surface area (Å²) in [6, 6.07) is 4.77. The monoisotopic (exact) mass is 442 g/mol. The molecule has 2 rings (SSSR count). The molecular formula is C21H32F2N4O4. The van der Waals surface area contributed by atoms with Crippen molar-refractivity contribution in [2.45, 2.75) is 58.9 Å². The number of carbonyl (C=O) groups is 1. The fourth-order valence-electron chi connectivity index (χ4n) is 3.14. The Balaban J connectivity index is 2.03. The zero-order valence-electron chi connectivity index (χ0n) is 18.7. The molecule has 1 aromatic rings. The lowest BCUT2D eigenvalue weighted by atomic mass is 10.2. The molecule has 2 N–H and O–H groups in total. The maximum absolute atomic E-state index is 12.6. The Morgan fingerprint density at radius 2 is 2.06 bits per heavy atom. The Bertz CT molecular complexity index is 768. The van der Waals surface area contributed by atoms with Gasteiger partial charge in [-0.2, -0.15) is 8.78 Å². The molecule has 1 saturated heterocycles. The van der Waals surface area contributed by atoms with Crippen molar-refractivity contribution in [2.75, 3.05) is 26.7 Å². The van der Waals surface area contributed by atoms with E-state index in [2.05, 4.69) is 20.4 Å². The highest BCUT2D eigenvalue weighted by Gasteiger charge is 2.27. The van der Waals surface area contributed by atoms with Crippen molar-refractivity contribution in [3.05, 3.63) is 23.8 Å². The number of hydrogen-bond donors (Lipinski definition) is 2. The van der Waals surface area contributed by atoms with Crippen LogP contribution < -0.4 is 20.1 Å². The number of hydrogen-bond acceptors (Lipinski definition) is 5. The number of guanidine groups is 1. The van der Waals surface area contributed by atoms with Crippen molar-refractivity contribution in [2.24, 2.45) is 4.99 Å². The van der Waals surface area contributed by atoms with Gasteiger partial charge in [-0.3, -0.25) is 0 Å². The van der Waals surface area contributed by atoms with Crippen molar-refractivity contribution in [1.29, 1.82) is 0 Å². The number of nitrogens with one attached hydrogen (secondary N) is 2. The minimum Gasteiger partial charge on any atom is -0.493 e. The molecule has 1 amide bonds. The van der Waals surface area contributed by atoms with Crippen LogP contribution in [0.25, 0.3) is 0 Å². The van der Waals surface area contributed by atoms with E-state index in [4.69, 9.17) is 9.47 Å². The summed E-state index contributed by atoms with van der Waals surface area (Å²) < 4.78 is 40.2. The Hall–Kier alpha value is -2.78. The first kappa shape index (κ1) is 24.5. The molecule has 0 saturated carbocycles. The number of aliphatic imine (C=N–C) groups is 1. The number of carbonyl (C=O) groups excluding carboxylic acids is 1. The number of likely N-dealkylation sites (tertiary alicyclic amines) is 1. The zero-order chi connectivity index (χ0) is 23.0. The molecule has 0 aliphatic carbocycles. The summed E-state index contributed by atoms with van der Waals surface area (Å²) in [6.07, 6.45) is 0.324.